The first-order chi connectivity index (χ1) is 19.1. The second-order valence-electron chi connectivity index (χ2n) is 9.62. The van der Waals surface area contributed by atoms with E-state index in [9.17, 15) is 4.79 Å². The average molecular weight is 567 g/mol. The number of nitrogens with zero attached hydrogens (tertiary/aromatic N) is 3. The van der Waals surface area contributed by atoms with E-state index in [1.165, 1.54) is 11.3 Å². The van der Waals surface area contributed by atoms with Crippen LogP contribution >= 0.6 is 34.5 Å². The zero-order valence-corrected chi connectivity index (χ0v) is 23.0. The van der Waals surface area contributed by atoms with Gasteiger partial charge in [0, 0.05) is 21.0 Å². The SMILES string of the molecule is O=c1c2c(-c3ccc(Cl)cc3)c3c(nc2nc2scc(-c4ccccc4)n12)/C(=C/c1ccc(Cl)cc1)CCC3. The van der Waals surface area contributed by atoms with Gasteiger partial charge in [0.05, 0.1) is 16.8 Å². The van der Waals surface area contributed by atoms with Gasteiger partial charge in [0.25, 0.3) is 5.56 Å². The minimum atomic E-state index is -0.107. The van der Waals surface area contributed by atoms with Crippen LogP contribution in [0.2, 0.25) is 10.0 Å². The maximum Gasteiger partial charge on any atom is 0.269 e. The van der Waals surface area contributed by atoms with Crippen molar-refractivity contribution < 1.29 is 0 Å². The predicted molar refractivity (Wildman–Crippen MR) is 163 cm³/mol. The van der Waals surface area contributed by atoms with Gasteiger partial charge in [0.2, 0.25) is 0 Å². The number of allylic oxidation sites excluding steroid dienone is 1. The predicted octanol–water partition coefficient (Wildman–Crippen LogP) is 8.82. The molecule has 3 aromatic heterocycles. The van der Waals surface area contributed by atoms with Crippen LogP contribution in [0.4, 0.5) is 0 Å². The largest absolute Gasteiger partial charge is 0.269 e. The minimum Gasteiger partial charge on any atom is -0.268 e. The molecule has 4 nitrogen and oxygen atoms in total. The van der Waals surface area contributed by atoms with Crippen LogP contribution in [0.3, 0.4) is 0 Å². The number of benzene rings is 3. The smallest absolute Gasteiger partial charge is 0.268 e. The summed E-state index contributed by atoms with van der Waals surface area (Å²) in [7, 11) is 0. The van der Waals surface area contributed by atoms with Crippen molar-refractivity contribution in [2.24, 2.45) is 0 Å². The summed E-state index contributed by atoms with van der Waals surface area (Å²) in [5.74, 6) is 0. The van der Waals surface area contributed by atoms with Crippen LogP contribution in [-0.2, 0) is 6.42 Å². The molecule has 3 aromatic carbocycles. The number of aromatic nitrogens is 3. The quantitative estimate of drug-likeness (QED) is 0.215. The zero-order chi connectivity index (χ0) is 26.5. The molecule has 0 fully saturated rings. The van der Waals surface area contributed by atoms with Crippen LogP contribution in [0, 0.1) is 0 Å². The highest BCUT2D eigenvalue weighted by molar-refractivity contribution is 7.15. The van der Waals surface area contributed by atoms with Crippen LogP contribution in [0.1, 0.15) is 29.7 Å². The lowest BCUT2D eigenvalue weighted by molar-refractivity contribution is 0.815. The third-order valence-corrected chi connectivity index (χ3v) is 8.53. The fraction of sp³-hybridized carbons (Fsp3) is 0.0938. The molecule has 0 bridgehead atoms. The molecule has 1 aliphatic rings. The van der Waals surface area contributed by atoms with E-state index in [1.54, 1.807) is 4.40 Å². The molecule has 0 N–H and O–H groups in total. The average Bonchev–Trinajstić information content (AvgIpc) is 3.39. The van der Waals surface area contributed by atoms with Crippen molar-refractivity contribution in [1.82, 2.24) is 14.4 Å². The normalized spacial score (nSPS) is 14.3. The Bertz CT molecular complexity index is 1960. The highest BCUT2D eigenvalue weighted by atomic mass is 35.5. The molecule has 0 amide bonds. The summed E-state index contributed by atoms with van der Waals surface area (Å²) in [6.07, 6.45) is 4.85. The Hall–Kier alpha value is -3.77. The number of hydrogen-bond acceptors (Lipinski definition) is 4. The topological polar surface area (TPSA) is 47.3 Å². The van der Waals surface area contributed by atoms with E-state index < -0.39 is 0 Å². The number of pyridine rings is 1. The van der Waals surface area contributed by atoms with Crippen molar-refractivity contribution in [2.75, 3.05) is 0 Å². The lowest BCUT2D eigenvalue weighted by Crippen LogP contribution is -2.19. The highest BCUT2D eigenvalue weighted by Crippen LogP contribution is 2.40. The third kappa shape index (κ3) is 4.27. The summed E-state index contributed by atoms with van der Waals surface area (Å²) in [6, 6.07) is 25.4. The van der Waals surface area contributed by atoms with Gasteiger partial charge in [0.15, 0.2) is 10.6 Å². The summed E-state index contributed by atoms with van der Waals surface area (Å²) in [4.78, 5) is 25.0. The van der Waals surface area contributed by atoms with Crippen molar-refractivity contribution in [1.29, 1.82) is 0 Å². The summed E-state index contributed by atoms with van der Waals surface area (Å²) >= 11 is 13.8. The van der Waals surface area contributed by atoms with Crippen LogP contribution in [0.25, 0.3) is 50.0 Å². The summed E-state index contributed by atoms with van der Waals surface area (Å²) < 4.78 is 1.73. The Morgan fingerprint density at radius 1 is 0.821 bits per heavy atom. The lowest BCUT2D eigenvalue weighted by Gasteiger charge is -2.23. The Balaban J connectivity index is 1.56. The first kappa shape index (κ1) is 24.3. The van der Waals surface area contributed by atoms with Gasteiger partial charge in [-0.1, -0.05) is 77.8 Å². The van der Waals surface area contributed by atoms with E-state index in [2.05, 4.69) is 6.08 Å². The number of fused-ring (bicyclic) bond motifs is 3. The number of hydrogen-bond donors (Lipinski definition) is 0. The first-order valence-electron chi connectivity index (χ1n) is 12.7. The van der Waals surface area contributed by atoms with Crippen LogP contribution < -0.4 is 5.56 Å². The lowest BCUT2D eigenvalue weighted by atomic mass is 9.84. The van der Waals surface area contributed by atoms with Gasteiger partial charge in [-0.3, -0.25) is 9.20 Å². The molecular weight excluding hydrogens is 545 g/mol. The molecule has 7 rings (SSSR count). The molecule has 6 aromatic rings. The van der Waals surface area contributed by atoms with E-state index in [0.29, 0.717) is 26.0 Å². The number of thiazole rings is 1. The van der Waals surface area contributed by atoms with Gasteiger partial charge in [0.1, 0.15) is 0 Å². The molecule has 0 unspecified atom stereocenters. The Morgan fingerprint density at radius 2 is 1.54 bits per heavy atom. The molecule has 3 heterocycles. The fourth-order valence-electron chi connectivity index (χ4n) is 5.41. The standard InChI is InChI=1S/C32H21Cl2N3OS/c33-23-13-9-19(10-14-23)17-22-7-4-8-25-27(21-11-15-24(34)16-12-21)28-30(35-29(22)25)36-32-37(31(28)38)26(18-39-32)20-5-2-1-3-6-20/h1-3,5-6,9-18H,4,7-8H2/b22-17+. The van der Waals surface area contributed by atoms with E-state index >= 15 is 0 Å². The van der Waals surface area contributed by atoms with Gasteiger partial charge >= 0.3 is 0 Å². The molecule has 1 aliphatic carbocycles. The first-order valence-corrected chi connectivity index (χ1v) is 14.3. The monoisotopic (exact) mass is 565 g/mol. The second kappa shape index (κ2) is 9.76. The third-order valence-electron chi connectivity index (χ3n) is 7.20. The van der Waals surface area contributed by atoms with E-state index in [4.69, 9.17) is 33.2 Å². The van der Waals surface area contributed by atoms with E-state index in [0.717, 1.165) is 64.0 Å². The Morgan fingerprint density at radius 3 is 2.28 bits per heavy atom. The van der Waals surface area contributed by atoms with E-state index in [-0.39, 0.29) is 5.56 Å². The number of halogens is 2. The molecule has 0 aliphatic heterocycles. The second-order valence-corrected chi connectivity index (χ2v) is 11.3. The Labute approximate surface area is 238 Å². The summed E-state index contributed by atoms with van der Waals surface area (Å²) in [5.41, 5.74) is 8.17. The number of rotatable bonds is 3. The maximum atomic E-state index is 14.3. The van der Waals surface area contributed by atoms with E-state index in [1.807, 2.05) is 84.2 Å². The molecule has 39 heavy (non-hydrogen) atoms. The highest BCUT2D eigenvalue weighted by Gasteiger charge is 2.26. The van der Waals surface area contributed by atoms with Crippen LogP contribution in [0.5, 0.6) is 0 Å². The van der Waals surface area contributed by atoms with Crippen molar-refractivity contribution in [3.05, 3.63) is 121 Å². The molecule has 0 radical (unpaired) electrons. The minimum absolute atomic E-state index is 0.107. The van der Waals surface area contributed by atoms with Crippen LogP contribution in [0.15, 0.2) is 89.0 Å². The molecule has 190 valence electrons. The maximum absolute atomic E-state index is 14.3. The summed E-state index contributed by atoms with van der Waals surface area (Å²) in [5, 5.41) is 3.88. The molecular formula is C32H21Cl2N3OS. The van der Waals surface area contributed by atoms with Gasteiger partial charge in [-0.05, 0) is 77.4 Å². The molecule has 0 spiro atoms. The van der Waals surface area contributed by atoms with Crippen molar-refractivity contribution in [3.8, 4) is 22.4 Å². The van der Waals surface area contributed by atoms with Gasteiger partial charge in [-0.15, -0.1) is 11.3 Å². The molecule has 0 saturated heterocycles. The summed E-state index contributed by atoms with van der Waals surface area (Å²) in [6.45, 7) is 0. The zero-order valence-electron chi connectivity index (χ0n) is 20.7. The van der Waals surface area contributed by atoms with Crippen molar-refractivity contribution >= 4 is 62.2 Å². The molecule has 0 saturated carbocycles. The van der Waals surface area contributed by atoms with Gasteiger partial charge in [-0.25, -0.2) is 4.98 Å². The fourth-order valence-corrected chi connectivity index (χ4v) is 6.55. The van der Waals surface area contributed by atoms with Crippen LogP contribution in [-0.4, -0.2) is 14.4 Å². The Kier molecular flexibility index (Phi) is 6.08. The molecule has 7 heteroatoms. The van der Waals surface area contributed by atoms with Crippen molar-refractivity contribution in [2.45, 2.75) is 19.3 Å². The van der Waals surface area contributed by atoms with Gasteiger partial charge in [-0.2, -0.15) is 4.98 Å². The van der Waals surface area contributed by atoms with Crippen molar-refractivity contribution in [3.63, 3.8) is 0 Å². The molecule has 0 atom stereocenters. The van der Waals surface area contributed by atoms with Gasteiger partial charge < -0.3 is 0 Å².